The molecule has 0 saturated carbocycles. The first-order chi connectivity index (χ1) is 14.4. The minimum Gasteiger partial charge on any atom is -0.454 e. The van der Waals surface area contributed by atoms with Crippen LogP contribution in [0.15, 0.2) is 0 Å². The summed E-state index contributed by atoms with van der Waals surface area (Å²) in [6, 6.07) is 0. The van der Waals surface area contributed by atoms with Crippen LogP contribution in [0.25, 0.3) is 0 Å². The van der Waals surface area contributed by atoms with Gasteiger partial charge in [0, 0.05) is 23.7 Å². The molecule has 0 bridgehead atoms. The Kier molecular flexibility index (Phi) is 8.36. The van der Waals surface area contributed by atoms with E-state index in [9.17, 15) is 19.2 Å². The van der Waals surface area contributed by atoms with E-state index in [0.29, 0.717) is 16.0 Å². The maximum absolute atomic E-state index is 13.1. The molecule has 1 heterocycles. The first-order valence-corrected chi connectivity index (χ1v) is 12.0. The molecule has 1 aromatic rings. The van der Waals surface area contributed by atoms with Gasteiger partial charge in [-0.1, -0.05) is 36.7 Å². The van der Waals surface area contributed by atoms with Crippen LogP contribution in [0.3, 0.4) is 0 Å². The largest absolute Gasteiger partial charge is 0.454 e. The molecule has 0 spiro atoms. The van der Waals surface area contributed by atoms with Crippen LogP contribution in [0.4, 0.5) is 0 Å². The molecule has 1 saturated heterocycles. The molecule has 1 N–H and O–H groups in total. The lowest BCUT2D eigenvalue weighted by Crippen LogP contribution is -2.42. The first kappa shape index (κ1) is 25.4. The van der Waals surface area contributed by atoms with Crippen molar-refractivity contribution in [3.8, 4) is 0 Å². The van der Waals surface area contributed by atoms with Crippen molar-refractivity contribution in [2.75, 3.05) is 6.54 Å². The predicted octanol–water partition coefficient (Wildman–Crippen LogP) is 1.18. The number of hydrogen-bond acceptors (Lipinski definition) is 6. The highest BCUT2D eigenvalue weighted by Gasteiger charge is 2.33. The van der Waals surface area contributed by atoms with E-state index < -0.39 is 30.2 Å². The van der Waals surface area contributed by atoms with Gasteiger partial charge < -0.3 is 14.3 Å². The highest BCUT2D eigenvalue weighted by molar-refractivity contribution is 9.08. The summed E-state index contributed by atoms with van der Waals surface area (Å²) in [7, 11) is 2.92. The molecule has 0 unspecified atom stereocenters. The molecule has 1 fully saturated rings. The van der Waals surface area contributed by atoms with Crippen LogP contribution in [0.1, 0.15) is 66.2 Å². The number of benzene rings is 1. The van der Waals surface area contributed by atoms with Gasteiger partial charge in [-0.05, 0) is 46.7 Å². The zero-order chi connectivity index (χ0) is 23.5. The Hall–Kier alpha value is -1.83. The van der Waals surface area contributed by atoms with Crippen molar-refractivity contribution in [1.29, 1.82) is 0 Å². The van der Waals surface area contributed by atoms with Gasteiger partial charge >= 0.3 is 5.97 Å². The van der Waals surface area contributed by atoms with E-state index in [0.717, 1.165) is 27.4 Å². The normalized spacial score (nSPS) is 14.2. The monoisotopic (exact) mass is 523 g/mol. The number of amides is 3. The molecule has 1 aromatic carbocycles. The number of nitrogens with one attached hydrogen (secondary N) is 1. The van der Waals surface area contributed by atoms with Gasteiger partial charge in [0.25, 0.3) is 27.5 Å². The van der Waals surface area contributed by atoms with Gasteiger partial charge in [-0.3, -0.25) is 14.4 Å². The van der Waals surface area contributed by atoms with Crippen molar-refractivity contribution >= 4 is 65.1 Å². The quantitative estimate of drug-likeness (QED) is 0.327. The van der Waals surface area contributed by atoms with Crippen LogP contribution >= 0.6 is 15.9 Å². The van der Waals surface area contributed by atoms with Crippen molar-refractivity contribution in [2.45, 2.75) is 58.2 Å². The van der Waals surface area contributed by atoms with Gasteiger partial charge in [0.2, 0.25) is 10.5 Å². The molecule has 5 radical (unpaired) electrons. The summed E-state index contributed by atoms with van der Waals surface area (Å²) in [5.41, 5.74) is 4.03. The first-order valence-electron chi connectivity index (χ1n) is 9.59. The van der Waals surface area contributed by atoms with Gasteiger partial charge in [0.15, 0.2) is 0 Å². The summed E-state index contributed by atoms with van der Waals surface area (Å²) in [6.45, 7) is 9.51. The predicted molar refractivity (Wildman–Crippen MR) is 119 cm³/mol. The van der Waals surface area contributed by atoms with Crippen molar-refractivity contribution in [3.05, 3.63) is 27.8 Å². The zero-order valence-electron chi connectivity index (χ0n) is 18.1. The second kappa shape index (κ2) is 10.2. The molecule has 165 valence electrons. The van der Waals surface area contributed by atoms with E-state index in [1.807, 2.05) is 13.8 Å². The highest BCUT2D eigenvalue weighted by Crippen LogP contribution is 2.31. The van der Waals surface area contributed by atoms with Gasteiger partial charge in [-0.25, -0.2) is 4.79 Å². The van der Waals surface area contributed by atoms with Crippen LogP contribution in [0.5, 0.6) is 0 Å². The second-order valence-electron chi connectivity index (χ2n) is 8.17. The Bertz CT molecular complexity index is 913. The Balaban J connectivity index is 2.35. The summed E-state index contributed by atoms with van der Waals surface area (Å²) in [6.07, 6.45) is 0.00617. The Morgan fingerprint density at radius 1 is 1.16 bits per heavy atom. The number of halogens is 1. The van der Waals surface area contributed by atoms with E-state index in [1.54, 1.807) is 0 Å². The van der Waals surface area contributed by atoms with Gasteiger partial charge in [-0.2, -0.15) is 0 Å². The van der Waals surface area contributed by atoms with Crippen LogP contribution in [0, 0.1) is 13.8 Å². The number of nitrogens with zero attached hydrogens (tertiary/aromatic N) is 1. The molecule has 2 rings (SSSR count). The fourth-order valence-corrected chi connectivity index (χ4v) is 5.67. The number of hydroxylamine groups is 2. The third kappa shape index (κ3) is 5.51. The van der Waals surface area contributed by atoms with Crippen LogP contribution in [0.2, 0.25) is 0 Å². The number of imide groups is 1. The smallest absolute Gasteiger partial charge is 0.352 e. The standard InChI is InChI=1S/C20H24BrN2O6Si2/c1-10-11(2)16(18(31-29-30)17(12(10)8-21)20(3,4)5)19(27)22-9-15(26)28-23-13(24)6-7-14(23)25/h6-9H2,1-5H3,(H,22,27). The van der Waals surface area contributed by atoms with E-state index >= 15 is 0 Å². The zero-order valence-corrected chi connectivity index (χ0v) is 21.7. The Labute approximate surface area is 196 Å². The van der Waals surface area contributed by atoms with Crippen LogP contribution in [-0.4, -0.2) is 55.5 Å². The van der Waals surface area contributed by atoms with Crippen molar-refractivity contribution < 1.29 is 28.1 Å². The molecule has 11 heteroatoms. The molecule has 31 heavy (non-hydrogen) atoms. The molecular formula is C20H24BrN2O6Si2. The Morgan fingerprint density at radius 2 is 1.74 bits per heavy atom. The fraction of sp³-hybridized carbons (Fsp3) is 0.500. The summed E-state index contributed by atoms with van der Waals surface area (Å²) in [4.78, 5) is 53.2. The molecule has 1 aliphatic rings. The number of rotatable bonds is 7. The van der Waals surface area contributed by atoms with E-state index in [2.05, 4.69) is 52.5 Å². The van der Waals surface area contributed by atoms with Crippen LogP contribution in [-0.2, 0) is 34.1 Å². The summed E-state index contributed by atoms with van der Waals surface area (Å²) in [5, 5.41) is 4.37. The molecule has 0 aliphatic carbocycles. The lowest BCUT2D eigenvalue weighted by atomic mass is 9.79. The molecule has 0 aromatic heterocycles. The summed E-state index contributed by atoms with van der Waals surface area (Å²) in [5.74, 6) is -2.52. The molecule has 1 aliphatic heterocycles. The number of alkyl halides is 1. The number of hydrogen-bond donors (Lipinski definition) is 1. The van der Waals surface area contributed by atoms with E-state index in [1.165, 1.54) is 0 Å². The average molecular weight is 524 g/mol. The SMILES string of the molecule is Cc1c(C)c(C(=O)NCC(=O)ON2C(=O)CCC2=O)c([Si]O[Si])c(C(C)(C)C)c1CBr. The molecule has 0 atom stereocenters. The lowest BCUT2D eigenvalue weighted by Gasteiger charge is -2.30. The lowest BCUT2D eigenvalue weighted by molar-refractivity contribution is -0.196. The van der Waals surface area contributed by atoms with Gasteiger partial charge in [-0.15, -0.1) is 5.06 Å². The van der Waals surface area contributed by atoms with Crippen molar-refractivity contribution in [2.24, 2.45) is 0 Å². The topological polar surface area (TPSA) is 102 Å². The maximum Gasteiger partial charge on any atom is 0.352 e. The number of carbonyl (C=O) groups is 4. The minimum absolute atomic E-state index is 0.00308. The van der Waals surface area contributed by atoms with Gasteiger partial charge in [0.05, 0.1) is 0 Å². The Morgan fingerprint density at radius 3 is 2.23 bits per heavy atom. The second-order valence-corrected chi connectivity index (χ2v) is 10.3. The molecular weight excluding hydrogens is 500 g/mol. The number of carbonyl (C=O) groups excluding carboxylic acids is 4. The third-order valence-electron chi connectivity index (χ3n) is 5.05. The third-order valence-corrected chi connectivity index (χ3v) is 6.72. The molecule has 3 amide bonds. The minimum atomic E-state index is -0.903. The average Bonchev–Trinajstić information content (AvgIpc) is 3.00. The van der Waals surface area contributed by atoms with Gasteiger partial charge in [0.1, 0.15) is 6.54 Å². The van der Waals surface area contributed by atoms with Crippen molar-refractivity contribution in [3.63, 3.8) is 0 Å². The summed E-state index contributed by atoms with van der Waals surface area (Å²) < 4.78 is 5.25. The van der Waals surface area contributed by atoms with Crippen LogP contribution < -0.4 is 10.5 Å². The summed E-state index contributed by atoms with van der Waals surface area (Å²) >= 11 is 3.56. The van der Waals surface area contributed by atoms with Crippen molar-refractivity contribution in [1.82, 2.24) is 10.4 Å². The fourth-order valence-electron chi connectivity index (χ4n) is 3.53. The molecule has 8 nitrogen and oxygen atoms in total. The maximum atomic E-state index is 13.1. The van der Waals surface area contributed by atoms with E-state index in [-0.39, 0.29) is 28.0 Å². The van der Waals surface area contributed by atoms with E-state index in [4.69, 9.17) is 8.95 Å². The highest BCUT2D eigenvalue weighted by atomic mass is 79.9.